The highest BCUT2D eigenvalue weighted by Gasteiger charge is 2.20. The smallest absolute Gasteiger partial charge is 0.230 e. The Kier molecular flexibility index (Phi) is 6.41. The zero-order chi connectivity index (χ0) is 18.6. The largest absolute Gasteiger partial charge is 0.348 e. The number of nitrogens with one attached hydrogen (secondary N) is 1. The van der Waals surface area contributed by atoms with E-state index in [1.165, 1.54) is 28.6 Å². The molecular formula is C17H24FN5OS. The first kappa shape index (κ1) is 19.2. The summed E-state index contributed by atoms with van der Waals surface area (Å²) >= 11 is 1.24. The van der Waals surface area contributed by atoms with E-state index in [0.717, 1.165) is 5.56 Å². The van der Waals surface area contributed by atoms with E-state index >= 15 is 0 Å². The van der Waals surface area contributed by atoms with Gasteiger partial charge in [-0.1, -0.05) is 51.6 Å². The molecule has 2 rings (SSSR count). The fraction of sp³-hybridized carbons (Fsp3) is 0.471. The number of hydrogen-bond donors (Lipinski definition) is 2. The Morgan fingerprint density at radius 3 is 2.40 bits per heavy atom. The molecule has 3 N–H and O–H groups in total. The Balaban J connectivity index is 1.99. The van der Waals surface area contributed by atoms with E-state index in [1.54, 1.807) is 12.1 Å². The van der Waals surface area contributed by atoms with Gasteiger partial charge in [-0.25, -0.2) is 9.07 Å². The fourth-order valence-corrected chi connectivity index (χ4v) is 3.11. The Morgan fingerprint density at radius 1 is 1.24 bits per heavy atom. The quantitative estimate of drug-likeness (QED) is 0.582. The Bertz CT molecular complexity index is 714. The third-order valence-corrected chi connectivity index (χ3v) is 4.70. The van der Waals surface area contributed by atoms with Crippen molar-refractivity contribution in [3.05, 3.63) is 41.5 Å². The van der Waals surface area contributed by atoms with Gasteiger partial charge in [0.05, 0.1) is 11.8 Å². The number of rotatable bonds is 7. The van der Waals surface area contributed by atoms with Crippen LogP contribution in [0.2, 0.25) is 0 Å². The first-order valence-electron chi connectivity index (χ1n) is 8.17. The molecule has 0 aliphatic carbocycles. The molecule has 1 aromatic heterocycles. The molecule has 0 saturated carbocycles. The predicted molar refractivity (Wildman–Crippen MR) is 97.1 cm³/mol. The van der Waals surface area contributed by atoms with Crippen molar-refractivity contribution in [3.63, 3.8) is 0 Å². The molecule has 0 aliphatic rings. The first-order chi connectivity index (χ1) is 11.8. The summed E-state index contributed by atoms with van der Waals surface area (Å²) in [6, 6.07) is 6.00. The lowest BCUT2D eigenvalue weighted by Crippen LogP contribution is -2.33. The van der Waals surface area contributed by atoms with Crippen LogP contribution in [-0.2, 0) is 4.79 Å². The average molecular weight is 365 g/mol. The molecule has 0 unspecified atom stereocenters. The summed E-state index contributed by atoms with van der Waals surface area (Å²) in [5, 5.41) is 11.6. The van der Waals surface area contributed by atoms with Crippen LogP contribution >= 0.6 is 11.8 Å². The molecule has 1 amide bonds. The number of halogens is 1. The predicted octanol–water partition coefficient (Wildman–Crippen LogP) is 2.86. The number of benzene rings is 1. The van der Waals surface area contributed by atoms with Crippen LogP contribution < -0.4 is 11.2 Å². The van der Waals surface area contributed by atoms with Gasteiger partial charge < -0.3 is 11.2 Å². The molecule has 136 valence electrons. The van der Waals surface area contributed by atoms with Gasteiger partial charge in [0.15, 0.2) is 5.82 Å². The molecule has 25 heavy (non-hydrogen) atoms. The van der Waals surface area contributed by atoms with Crippen LogP contribution in [0.1, 0.15) is 51.0 Å². The van der Waals surface area contributed by atoms with Crippen molar-refractivity contribution >= 4 is 17.7 Å². The number of nitrogens with zero attached hydrogens (tertiary/aromatic N) is 3. The lowest BCUT2D eigenvalue weighted by Gasteiger charge is -2.23. The monoisotopic (exact) mass is 365 g/mol. The number of thioether (sulfide) groups is 1. The SMILES string of the molecule is CC(C)c1nnc(SCC(=O)N[C@H](c2ccc(F)cc2)C(C)C)n1N. The van der Waals surface area contributed by atoms with Crippen LogP contribution in [-0.4, -0.2) is 26.5 Å². The lowest BCUT2D eigenvalue weighted by atomic mass is 9.96. The van der Waals surface area contributed by atoms with Gasteiger partial charge in [0.25, 0.3) is 0 Å². The van der Waals surface area contributed by atoms with Crippen molar-refractivity contribution in [1.29, 1.82) is 0 Å². The standard InChI is InChI=1S/C17H24FN5OS/c1-10(2)15(12-5-7-13(18)8-6-12)20-14(24)9-25-17-22-21-16(11(3)4)23(17)19/h5-8,10-11,15H,9,19H2,1-4H3,(H,20,24)/t15-/m0/s1. The summed E-state index contributed by atoms with van der Waals surface area (Å²) in [5.41, 5.74) is 0.874. The Morgan fingerprint density at radius 2 is 1.88 bits per heavy atom. The van der Waals surface area contributed by atoms with E-state index < -0.39 is 0 Å². The highest BCUT2D eigenvalue weighted by atomic mass is 32.2. The number of nitrogens with two attached hydrogens (primary N) is 1. The van der Waals surface area contributed by atoms with E-state index in [9.17, 15) is 9.18 Å². The second-order valence-corrected chi connectivity index (χ2v) is 7.44. The Labute approximate surface area is 151 Å². The highest BCUT2D eigenvalue weighted by molar-refractivity contribution is 7.99. The molecule has 0 saturated heterocycles. The van der Waals surface area contributed by atoms with Crippen LogP contribution in [0, 0.1) is 11.7 Å². The molecule has 8 heteroatoms. The summed E-state index contributed by atoms with van der Waals surface area (Å²) in [6.45, 7) is 7.97. The fourth-order valence-electron chi connectivity index (χ4n) is 2.43. The summed E-state index contributed by atoms with van der Waals surface area (Å²) in [6.07, 6.45) is 0. The molecule has 0 fully saturated rings. The second kappa shape index (κ2) is 8.33. The maximum absolute atomic E-state index is 13.1. The summed E-state index contributed by atoms with van der Waals surface area (Å²) in [7, 11) is 0. The number of nitrogen functional groups attached to an aromatic ring is 1. The minimum absolute atomic E-state index is 0.137. The second-order valence-electron chi connectivity index (χ2n) is 6.49. The van der Waals surface area contributed by atoms with Crippen molar-refractivity contribution in [2.75, 3.05) is 11.6 Å². The Hall–Kier alpha value is -2.09. The minimum atomic E-state index is -0.295. The summed E-state index contributed by atoms with van der Waals surface area (Å²) < 4.78 is 14.5. The molecule has 0 spiro atoms. The molecule has 6 nitrogen and oxygen atoms in total. The van der Waals surface area contributed by atoms with Gasteiger partial charge in [0, 0.05) is 5.92 Å². The van der Waals surface area contributed by atoms with Crippen molar-refractivity contribution in [2.45, 2.75) is 44.8 Å². The van der Waals surface area contributed by atoms with Crippen molar-refractivity contribution < 1.29 is 9.18 Å². The van der Waals surface area contributed by atoms with Gasteiger partial charge in [-0.2, -0.15) is 0 Å². The van der Waals surface area contributed by atoms with Crippen LogP contribution in [0.4, 0.5) is 4.39 Å². The minimum Gasteiger partial charge on any atom is -0.348 e. The molecule has 0 radical (unpaired) electrons. The molecule has 0 bridgehead atoms. The normalized spacial score (nSPS) is 12.6. The van der Waals surface area contributed by atoms with Crippen molar-refractivity contribution in [3.8, 4) is 0 Å². The zero-order valence-corrected chi connectivity index (χ0v) is 15.7. The van der Waals surface area contributed by atoms with Gasteiger partial charge in [-0.15, -0.1) is 10.2 Å². The zero-order valence-electron chi connectivity index (χ0n) is 14.9. The number of aromatic nitrogens is 3. The van der Waals surface area contributed by atoms with E-state index in [4.69, 9.17) is 5.84 Å². The molecule has 1 atom stereocenters. The van der Waals surface area contributed by atoms with Gasteiger partial charge in [-0.3, -0.25) is 4.79 Å². The molecule has 1 heterocycles. The van der Waals surface area contributed by atoms with Gasteiger partial charge in [0.1, 0.15) is 5.82 Å². The number of amides is 1. The van der Waals surface area contributed by atoms with Crippen LogP contribution in [0.5, 0.6) is 0 Å². The van der Waals surface area contributed by atoms with Gasteiger partial charge >= 0.3 is 0 Å². The third-order valence-electron chi connectivity index (χ3n) is 3.75. The van der Waals surface area contributed by atoms with Gasteiger partial charge in [0.2, 0.25) is 11.1 Å². The summed E-state index contributed by atoms with van der Waals surface area (Å²) in [4.78, 5) is 12.3. The highest BCUT2D eigenvalue weighted by Crippen LogP contribution is 2.23. The van der Waals surface area contributed by atoms with Crippen LogP contribution in [0.25, 0.3) is 0 Å². The lowest BCUT2D eigenvalue weighted by molar-refractivity contribution is -0.119. The van der Waals surface area contributed by atoms with Crippen molar-refractivity contribution in [2.24, 2.45) is 5.92 Å². The van der Waals surface area contributed by atoms with Crippen LogP contribution in [0.15, 0.2) is 29.4 Å². The summed E-state index contributed by atoms with van der Waals surface area (Å²) in [5.74, 6) is 6.70. The number of hydrogen-bond acceptors (Lipinski definition) is 5. The topological polar surface area (TPSA) is 85.8 Å². The maximum Gasteiger partial charge on any atom is 0.230 e. The third kappa shape index (κ3) is 4.94. The van der Waals surface area contributed by atoms with E-state index in [1.807, 2.05) is 27.7 Å². The number of carbonyl (C=O) groups is 1. The molecule has 1 aromatic carbocycles. The molecule has 2 aromatic rings. The number of carbonyl (C=O) groups excluding carboxylic acids is 1. The van der Waals surface area contributed by atoms with E-state index in [0.29, 0.717) is 11.0 Å². The van der Waals surface area contributed by atoms with Crippen LogP contribution in [0.3, 0.4) is 0 Å². The molecular weight excluding hydrogens is 341 g/mol. The van der Waals surface area contributed by atoms with Gasteiger partial charge in [-0.05, 0) is 23.6 Å². The van der Waals surface area contributed by atoms with E-state index in [-0.39, 0.29) is 35.4 Å². The first-order valence-corrected chi connectivity index (χ1v) is 9.16. The molecule has 0 aliphatic heterocycles. The average Bonchev–Trinajstić information content (AvgIpc) is 2.92. The maximum atomic E-state index is 13.1. The van der Waals surface area contributed by atoms with E-state index in [2.05, 4.69) is 15.5 Å². The van der Waals surface area contributed by atoms with Crippen molar-refractivity contribution in [1.82, 2.24) is 20.2 Å².